The molecular formula is C24H33N3O4S. The van der Waals surface area contributed by atoms with Gasteiger partial charge in [-0.3, -0.25) is 9.69 Å². The van der Waals surface area contributed by atoms with Crippen LogP contribution >= 0.6 is 0 Å². The molecule has 32 heavy (non-hydrogen) atoms. The first-order valence-electron chi connectivity index (χ1n) is 11.2. The third kappa shape index (κ3) is 6.87. The molecule has 8 heteroatoms. The predicted octanol–water partition coefficient (Wildman–Crippen LogP) is 2.92. The molecule has 2 aromatic rings. The molecule has 1 amide bonds. The molecule has 1 aliphatic heterocycles. The lowest BCUT2D eigenvalue weighted by molar-refractivity contribution is 0.0950. The molecule has 0 radical (unpaired) electrons. The molecule has 0 spiro atoms. The van der Waals surface area contributed by atoms with Crippen molar-refractivity contribution in [1.29, 1.82) is 0 Å². The Balaban J connectivity index is 1.56. The Kier molecular flexibility index (Phi) is 8.81. The second kappa shape index (κ2) is 11.6. The van der Waals surface area contributed by atoms with Gasteiger partial charge in [-0.25, -0.2) is 13.1 Å². The number of ether oxygens (including phenoxy) is 1. The fourth-order valence-corrected chi connectivity index (χ4v) is 4.76. The normalized spacial score (nSPS) is 16.4. The molecule has 7 nitrogen and oxygen atoms in total. The Morgan fingerprint density at radius 1 is 1.09 bits per heavy atom. The van der Waals surface area contributed by atoms with E-state index in [2.05, 4.69) is 40.9 Å². The Hall–Kier alpha value is -2.26. The van der Waals surface area contributed by atoms with Crippen LogP contribution in [0, 0.1) is 0 Å². The molecule has 174 valence electrons. The van der Waals surface area contributed by atoms with Crippen LogP contribution in [0.4, 0.5) is 0 Å². The number of amides is 1. The van der Waals surface area contributed by atoms with Gasteiger partial charge in [-0.15, -0.1) is 0 Å². The maximum atomic E-state index is 12.6. The van der Waals surface area contributed by atoms with E-state index in [4.69, 9.17) is 4.74 Å². The number of hydrogen-bond acceptors (Lipinski definition) is 5. The number of carbonyl (C=O) groups is 1. The van der Waals surface area contributed by atoms with Gasteiger partial charge in [-0.1, -0.05) is 44.2 Å². The fraction of sp³-hybridized carbons (Fsp3) is 0.458. The van der Waals surface area contributed by atoms with Gasteiger partial charge in [0.25, 0.3) is 5.91 Å². The van der Waals surface area contributed by atoms with Crippen LogP contribution in [0.5, 0.6) is 0 Å². The van der Waals surface area contributed by atoms with Crippen molar-refractivity contribution in [2.24, 2.45) is 0 Å². The third-order valence-corrected chi connectivity index (χ3v) is 7.13. The third-order valence-electron chi connectivity index (χ3n) is 5.71. The maximum absolute atomic E-state index is 12.6. The molecule has 1 atom stereocenters. The molecule has 0 saturated carbocycles. The average molecular weight is 460 g/mol. The van der Waals surface area contributed by atoms with Crippen molar-refractivity contribution >= 4 is 15.9 Å². The molecule has 1 aliphatic rings. The van der Waals surface area contributed by atoms with Crippen molar-refractivity contribution in [3.8, 4) is 0 Å². The summed E-state index contributed by atoms with van der Waals surface area (Å²) >= 11 is 0. The van der Waals surface area contributed by atoms with Gasteiger partial charge in [0.1, 0.15) is 0 Å². The molecule has 1 heterocycles. The molecule has 0 aliphatic carbocycles. The van der Waals surface area contributed by atoms with E-state index < -0.39 is 10.0 Å². The van der Waals surface area contributed by atoms with Crippen molar-refractivity contribution in [2.45, 2.75) is 50.8 Å². The highest BCUT2D eigenvalue weighted by Gasteiger charge is 2.21. The molecule has 3 rings (SSSR count). The second-order valence-electron chi connectivity index (χ2n) is 7.98. The quantitative estimate of drug-likeness (QED) is 0.540. The van der Waals surface area contributed by atoms with Crippen LogP contribution in [0.3, 0.4) is 0 Å². The summed E-state index contributed by atoms with van der Waals surface area (Å²) in [6, 6.07) is 14.3. The topological polar surface area (TPSA) is 87.7 Å². The number of nitrogens with one attached hydrogen (secondary N) is 2. The van der Waals surface area contributed by atoms with Gasteiger partial charge in [0, 0.05) is 31.8 Å². The first-order chi connectivity index (χ1) is 15.4. The van der Waals surface area contributed by atoms with Crippen LogP contribution in [0.15, 0.2) is 53.4 Å². The SMILES string of the molecule is CCN(CC)Cc1ccc(CNC(=O)c2cccc(S(=O)(=O)NCC3CCCO3)c2)cc1. The summed E-state index contributed by atoms with van der Waals surface area (Å²) in [7, 11) is -3.70. The minimum atomic E-state index is -3.70. The van der Waals surface area contributed by atoms with Crippen LogP contribution in [-0.2, 0) is 27.8 Å². The zero-order chi connectivity index (χ0) is 23.0. The highest BCUT2D eigenvalue weighted by molar-refractivity contribution is 7.89. The molecule has 2 aromatic carbocycles. The van der Waals surface area contributed by atoms with E-state index in [-0.39, 0.29) is 23.5 Å². The lowest BCUT2D eigenvalue weighted by Gasteiger charge is -2.18. The van der Waals surface area contributed by atoms with Crippen LogP contribution in [0.1, 0.15) is 48.2 Å². The highest BCUT2D eigenvalue weighted by Crippen LogP contribution is 2.15. The Labute approximate surface area is 191 Å². The van der Waals surface area contributed by atoms with E-state index in [1.165, 1.54) is 17.7 Å². The van der Waals surface area contributed by atoms with Crippen molar-refractivity contribution in [3.63, 3.8) is 0 Å². The summed E-state index contributed by atoms with van der Waals surface area (Å²) in [6.07, 6.45) is 1.71. The maximum Gasteiger partial charge on any atom is 0.251 e. The minimum Gasteiger partial charge on any atom is -0.377 e. The van der Waals surface area contributed by atoms with E-state index in [1.54, 1.807) is 12.1 Å². The first-order valence-corrected chi connectivity index (χ1v) is 12.7. The van der Waals surface area contributed by atoms with Crippen molar-refractivity contribution < 1.29 is 17.9 Å². The van der Waals surface area contributed by atoms with Crippen LogP contribution < -0.4 is 10.0 Å². The van der Waals surface area contributed by atoms with E-state index in [0.29, 0.717) is 18.7 Å². The molecule has 1 fully saturated rings. The highest BCUT2D eigenvalue weighted by atomic mass is 32.2. The molecule has 1 saturated heterocycles. The minimum absolute atomic E-state index is 0.0731. The van der Waals surface area contributed by atoms with Crippen molar-refractivity contribution in [2.75, 3.05) is 26.2 Å². The number of sulfonamides is 1. The lowest BCUT2D eigenvalue weighted by atomic mass is 10.1. The fourth-order valence-electron chi connectivity index (χ4n) is 3.65. The number of hydrogen-bond donors (Lipinski definition) is 2. The molecule has 2 N–H and O–H groups in total. The monoisotopic (exact) mass is 459 g/mol. The van der Waals surface area contributed by atoms with E-state index in [1.807, 2.05) is 12.1 Å². The summed E-state index contributed by atoms with van der Waals surface area (Å²) in [5.74, 6) is -0.312. The summed E-state index contributed by atoms with van der Waals surface area (Å²) in [6.45, 7) is 8.49. The number of rotatable bonds is 11. The largest absolute Gasteiger partial charge is 0.377 e. The summed E-state index contributed by atoms with van der Waals surface area (Å²) in [5.41, 5.74) is 2.53. The van der Waals surface area contributed by atoms with Gasteiger partial charge >= 0.3 is 0 Å². The lowest BCUT2D eigenvalue weighted by Crippen LogP contribution is -2.32. The van der Waals surface area contributed by atoms with Crippen molar-refractivity contribution in [1.82, 2.24) is 14.9 Å². The zero-order valence-corrected chi connectivity index (χ0v) is 19.7. The average Bonchev–Trinajstić information content (AvgIpc) is 3.34. The Morgan fingerprint density at radius 2 is 1.81 bits per heavy atom. The molecule has 0 bridgehead atoms. The van der Waals surface area contributed by atoms with Gasteiger partial charge < -0.3 is 10.1 Å². The summed E-state index contributed by atoms with van der Waals surface area (Å²) < 4.78 is 33.2. The van der Waals surface area contributed by atoms with E-state index >= 15 is 0 Å². The van der Waals surface area contributed by atoms with Gasteiger partial charge in [-0.2, -0.15) is 0 Å². The smallest absolute Gasteiger partial charge is 0.251 e. The second-order valence-corrected chi connectivity index (χ2v) is 9.74. The molecular weight excluding hydrogens is 426 g/mol. The molecule has 1 unspecified atom stereocenters. The van der Waals surface area contributed by atoms with E-state index in [9.17, 15) is 13.2 Å². The van der Waals surface area contributed by atoms with Crippen LogP contribution in [0.2, 0.25) is 0 Å². The number of benzene rings is 2. The van der Waals surface area contributed by atoms with E-state index in [0.717, 1.165) is 38.0 Å². The van der Waals surface area contributed by atoms with Gasteiger partial charge in [-0.05, 0) is 55.3 Å². The van der Waals surface area contributed by atoms with Gasteiger partial charge in [0.05, 0.1) is 11.0 Å². The Morgan fingerprint density at radius 3 is 2.47 bits per heavy atom. The first kappa shape index (κ1) is 24.4. The standard InChI is InChI=1S/C24H33N3O4S/c1-3-27(4-2)18-20-12-10-19(11-13-20)16-25-24(28)21-7-5-9-23(15-21)32(29,30)26-17-22-8-6-14-31-22/h5,7,9-13,15,22,26H,3-4,6,8,14,16-18H2,1-2H3,(H,25,28). The summed E-state index contributed by atoms with van der Waals surface area (Å²) in [5, 5.41) is 2.87. The van der Waals surface area contributed by atoms with Gasteiger partial charge in [0.2, 0.25) is 10.0 Å². The Bertz CT molecular complexity index is 983. The number of nitrogens with zero attached hydrogens (tertiary/aromatic N) is 1. The van der Waals surface area contributed by atoms with Crippen molar-refractivity contribution in [3.05, 3.63) is 65.2 Å². The number of carbonyl (C=O) groups excluding carboxylic acids is 1. The van der Waals surface area contributed by atoms with Crippen LogP contribution in [0.25, 0.3) is 0 Å². The zero-order valence-electron chi connectivity index (χ0n) is 18.8. The molecule has 0 aromatic heterocycles. The summed E-state index contributed by atoms with van der Waals surface area (Å²) in [4.78, 5) is 15.0. The predicted molar refractivity (Wildman–Crippen MR) is 125 cm³/mol. The van der Waals surface area contributed by atoms with Crippen LogP contribution in [-0.4, -0.2) is 51.6 Å². The van der Waals surface area contributed by atoms with Gasteiger partial charge in [0.15, 0.2) is 0 Å².